The molecular weight excluding hydrogens is 188 g/mol. The Hall–Kier alpha value is 1.40. The molecule has 0 aliphatic carbocycles. The molecule has 0 amide bonds. The van der Waals surface area contributed by atoms with Crippen molar-refractivity contribution in [1.82, 2.24) is 0 Å². The van der Waals surface area contributed by atoms with Gasteiger partial charge in [0, 0.05) is 15.6 Å². The number of thioether (sulfide) groups is 2. The monoisotopic (exact) mass is 198 g/mol. The van der Waals surface area contributed by atoms with Crippen LogP contribution in [0.25, 0.3) is 0 Å². The minimum atomic E-state index is 0.435. The first-order chi connectivity index (χ1) is 4.20. The van der Waals surface area contributed by atoms with Gasteiger partial charge >= 0.3 is 0 Å². The highest BCUT2D eigenvalue weighted by molar-refractivity contribution is 8.22. The Morgan fingerprint density at radius 1 is 1.44 bits per heavy atom. The lowest BCUT2D eigenvalue weighted by Gasteiger charge is -2.27. The van der Waals surface area contributed by atoms with E-state index in [2.05, 4.69) is 32.2 Å². The lowest BCUT2D eigenvalue weighted by Crippen LogP contribution is -2.22. The van der Waals surface area contributed by atoms with E-state index in [0.29, 0.717) is 14.4 Å². The summed E-state index contributed by atoms with van der Waals surface area (Å²) in [7, 11) is 0. The van der Waals surface area contributed by atoms with E-state index in [-0.39, 0.29) is 0 Å². The van der Waals surface area contributed by atoms with Crippen LogP contribution in [0.3, 0.4) is 0 Å². The van der Waals surface area contributed by atoms with Gasteiger partial charge in [-0.15, -0.1) is 23.5 Å². The molecule has 1 rings (SSSR count). The van der Waals surface area contributed by atoms with Crippen LogP contribution in [-0.2, 0) is 0 Å². The lowest BCUT2D eigenvalue weighted by atomic mass is 10.5. The molecule has 0 radical (unpaired) electrons. The number of hydrogen-bond donors (Lipinski definition) is 2. The SMILES string of the molecule is CC1SCC(S)C(S)S1. The average Bonchev–Trinajstić information content (AvgIpc) is 1.80. The smallest absolute Gasteiger partial charge is 0.0607 e. The molecule has 54 valence electrons. The largest absolute Gasteiger partial charge is 0.173 e. The predicted octanol–water partition coefficient (Wildman–Crippen LogP) is 2.37. The summed E-state index contributed by atoms with van der Waals surface area (Å²) in [5.74, 6) is 1.14. The lowest BCUT2D eigenvalue weighted by molar-refractivity contribution is 1.09. The summed E-state index contributed by atoms with van der Waals surface area (Å²) in [6, 6.07) is 0. The molecule has 0 aromatic carbocycles. The molecule has 0 bridgehead atoms. The van der Waals surface area contributed by atoms with Gasteiger partial charge in [0.15, 0.2) is 0 Å². The van der Waals surface area contributed by atoms with E-state index in [1.165, 1.54) is 0 Å². The van der Waals surface area contributed by atoms with E-state index in [1.807, 2.05) is 23.5 Å². The summed E-state index contributed by atoms with van der Waals surface area (Å²) in [5, 5.41) is 0.472. The normalized spacial score (nSPS) is 45.0. The molecule has 0 saturated carbocycles. The number of hydrogen-bond acceptors (Lipinski definition) is 4. The molecule has 1 aliphatic rings. The molecule has 1 aliphatic heterocycles. The van der Waals surface area contributed by atoms with Gasteiger partial charge in [-0.25, -0.2) is 0 Å². The van der Waals surface area contributed by atoms with Gasteiger partial charge < -0.3 is 0 Å². The van der Waals surface area contributed by atoms with Crippen LogP contribution in [0.2, 0.25) is 0 Å². The second-order valence-electron chi connectivity index (χ2n) is 1.99. The molecule has 9 heavy (non-hydrogen) atoms. The van der Waals surface area contributed by atoms with Crippen molar-refractivity contribution in [2.45, 2.75) is 21.3 Å². The summed E-state index contributed by atoms with van der Waals surface area (Å²) in [5.41, 5.74) is 0. The van der Waals surface area contributed by atoms with Crippen molar-refractivity contribution >= 4 is 48.8 Å². The third kappa shape index (κ3) is 2.48. The van der Waals surface area contributed by atoms with E-state index >= 15 is 0 Å². The highest BCUT2D eigenvalue weighted by Gasteiger charge is 2.23. The average molecular weight is 198 g/mol. The first-order valence-electron chi connectivity index (χ1n) is 2.83. The second kappa shape index (κ2) is 3.69. The van der Waals surface area contributed by atoms with Crippen molar-refractivity contribution in [3.05, 3.63) is 0 Å². The zero-order chi connectivity index (χ0) is 6.85. The Kier molecular flexibility index (Phi) is 3.49. The maximum Gasteiger partial charge on any atom is 0.0607 e. The van der Waals surface area contributed by atoms with Crippen molar-refractivity contribution in [2.24, 2.45) is 0 Å². The molecular formula is C5H10S4. The van der Waals surface area contributed by atoms with Gasteiger partial charge in [0.05, 0.1) is 4.58 Å². The first kappa shape index (κ1) is 8.50. The van der Waals surface area contributed by atoms with Crippen LogP contribution in [0.5, 0.6) is 0 Å². The standard InChI is InChI=1S/C5H10S4/c1-3-8-2-4(6)5(7)9-3/h3-7H,2H2,1H3. The zero-order valence-electron chi connectivity index (χ0n) is 5.15. The van der Waals surface area contributed by atoms with Gasteiger partial charge in [-0.05, 0) is 6.92 Å². The van der Waals surface area contributed by atoms with E-state index in [0.717, 1.165) is 5.75 Å². The highest BCUT2D eigenvalue weighted by Crippen LogP contribution is 2.39. The Labute approximate surface area is 75.7 Å². The molecule has 0 aromatic rings. The van der Waals surface area contributed by atoms with Crippen LogP contribution < -0.4 is 0 Å². The van der Waals surface area contributed by atoms with E-state index in [9.17, 15) is 0 Å². The molecule has 3 atom stereocenters. The van der Waals surface area contributed by atoms with Crippen molar-refractivity contribution in [1.29, 1.82) is 0 Å². The van der Waals surface area contributed by atoms with Gasteiger partial charge in [-0.1, -0.05) is 0 Å². The van der Waals surface area contributed by atoms with Crippen molar-refractivity contribution in [2.75, 3.05) is 5.75 Å². The Balaban J connectivity index is 2.35. The molecule has 0 nitrogen and oxygen atoms in total. The summed E-state index contributed by atoms with van der Waals surface area (Å²) >= 11 is 12.6. The fourth-order valence-electron chi connectivity index (χ4n) is 0.643. The quantitative estimate of drug-likeness (QED) is 0.574. The van der Waals surface area contributed by atoms with Crippen molar-refractivity contribution < 1.29 is 0 Å². The van der Waals surface area contributed by atoms with Crippen LogP contribution in [0.4, 0.5) is 0 Å². The summed E-state index contributed by atoms with van der Waals surface area (Å²) < 4.78 is 1.14. The fraction of sp³-hybridized carbons (Fsp3) is 1.00. The van der Waals surface area contributed by atoms with Crippen LogP contribution in [0, 0.1) is 0 Å². The van der Waals surface area contributed by atoms with Gasteiger partial charge in [0.2, 0.25) is 0 Å². The summed E-state index contributed by atoms with van der Waals surface area (Å²) in [6.07, 6.45) is 0. The summed E-state index contributed by atoms with van der Waals surface area (Å²) in [6.45, 7) is 2.22. The van der Waals surface area contributed by atoms with E-state index < -0.39 is 0 Å². The predicted molar refractivity (Wildman–Crippen MR) is 55.1 cm³/mol. The molecule has 4 heteroatoms. The third-order valence-electron chi connectivity index (χ3n) is 1.16. The van der Waals surface area contributed by atoms with Crippen LogP contribution in [0.15, 0.2) is 0 Å². The minimum Gasteiger partial charge on any atom is -0.173 e. The van der Waals surface area contributed by atoms with E-state index in [4.69, 9.17) is 0 Å². The third-order valence-corrected chi connectivity index (χ3v) is 5.80. The second-order valence-corrected chi connectivity index (χ2v) is 6.72. The Bertz CT molecular complexity index is 95.0. The topological polar surface area (TPSA) is 0 Å². The molecule has 1 saturated heterocycles. The number of rotatable bonds is 0. The van der Waals surface area contributed by atoms with Gasteiger partial charge in [-0.2, -0.15) is 25.3 Å². The maximum atomic E-state index is 4.39. The summed E-state index contributed by atoms with van der Waals surface area (Å²) in [4.78, 5) is 0. The fourth-order valence-corrected chi connectivity index (χ4v) is 4.52. The van der Waals surface area contributed by atoms with Crippen LogP contribution in [0.1, 0.15) is 6.92 Å². The van der Waals surface area contributed by atoms with Crippen molar-refractivity contribution in [3.63, 3.8) is 0 Å². The molecule has 3 unspecified atom stereocenters. The molecule has 1 fully saturated rings. The van der Waals surface area contributed by atoms with E-state index in [1.54, 1.807) is 0 Å². The van der Waals surface area contributed by atoms with Crippen molar-refractivity contribution in [3.8, 4) is 0 Å². The van der Waals surface area contributed by atoms with Gasteiger partial charge in [0.1, 0.15) is 0 Å². The Morgan fingerprint density at radius 3 is 2.56 bits per heavy atom. The van der Waals surface area contributed by atoms with Crippen LogP contribution >= 0.6 is 48.8 Å². The van der Waals surface area contributed by atoms with Gasteiger partial charge in [0.25, 0.3) is 0 Å². The highest BCUT2D eigenvalue weighted by atomic mass is 32.2. The maximum absolute atomic E-state index is 4.39. The van der Waals surface area contributed by atoms with Gasteiger partial charge in [-0.3, -0.25) is 0 Å². The molecule has 0 spiro atoms. The first-order valence-corrected chi connectivity index (χ1v) is 5.86. The zero-order valence-corrected chi connectivity index (χ0v) is 8.57. The van der Waals surface area contributed by atoms with Crippen LogP contribution in [-0.4, -0.2) is 20.2 Å². The molecule has 0 N–H and O–H groups in total. The number of thiol groups is 2. The minimum absolute atomic E-state index is 0.435. The molecule has 1 heterocycles. The molecule has 0 aromatic heterocycles. The Morgan fingerprint density at radius 2 is 2.11 bits per heavy atom.